The van der Waals surface area contributed by atoms with Crippen molar-refractivity contribution in [2.45, 2.75) is 81.3 Å². The molecule has 6 aromatic heterocycles. The van der Waals surface area contributed by atoms with E-state index >= 15 is 0 Å². The highest BCUT2D eigenvalue weighted by molar-refractivity contribution is 6.28. The average molecular weight is 1100 g/mol. The topological polar surface area (TPSA) is 212 Å². The lowest BCUT2D eigenvalue weighted by Crippen LogP contribution is -2.33. The lowest BCUT2D eigenvalue weighted by molar-refractivity contribution is 0.407. The molecule has 0 aliphatic heterocycles. The maximum atomic E-state index is 9.08. The van der Waals surface area contributed by atoms with Crippen LogP contribution in [-0.2, 0) is 19.0 Å². The Kier molecular flexibility index (Phi) is 21.0. The van der Waals surface area contributed by atoms with Gasteiger partial charge in [-0.15, -0.1) is 11.6 Å². The normalized spacial score (nSPS) is 11.2. The highest BCUT2D eigenvalue weighted by Gasteiger charge is 2.21. The van der Waals surface area contributed by atoms with Gasteiger partial charge in [0.2, 0.25) is 16.4 Å². The number of nitrogens with zero attached hydrogens (tertiary/aromatic N) is 18. The molecule has 1 N–H and O–H groups in total. The molecule has 77 heavy (non-hydrogen) atoms. The van der Waals surface area contributed by atoms with Gasteiger partial charge in [0.1, 0.15) is 61.5 Å². The minimum Gasteiger partial charge on any atom is -0.369 e. The van der Waals surface area contributed by atoms with Crippen molar-refractivity contribution in [2.24, 2.45) is 16.2 Å². The summed E-state index contributed by atoms with van der Waals surface area (Å²) in [7, 11) is 0. The second kappa shape index (κ2) is 27.7. The Morgan fingerprint density at radius 2 is 0.909 bits per heavy atom. The Balaban J connectivity index is 0.000000175. The van der Waals surface area contributed by atoms with E-state index in [-0.39, 0.29) is 32.6 Å². The average Bonchev–Trinajstić information content (AvgIpc) is 4.25. The summed E-state index contributed by atoms with van der Waals surface area (Å²) in [6.07, 6.45) is 14.5. The van der Waals surface area contributed by atoms with Gasteiger partial charge in [0.25, 0.3) is 0 Å². The number of anilines is 3. The Hall–Kier alpha value is -7.92. The van der Waals surface area contributed by atoms with Crippen LogP contribution in [0.4, 0.5) is 17.5 Å². The molecule has 400 valence electrons. The predicted molar refractivity (Wildman–Crippen MR) is 303 cm³/mol. The highest BCUT2D eigenvalue weighted by atomic mass is 35.5. The van der Waals surface area contributed by atoms with Crippen molar-refractivity contribution >= 4 is 52.3 Å². The Bertz CT molecular complexity index is 3160. The lowest BCUT2D eigenvalue weighted by atomic mass is 9.95. The van der Waals surface area contributed by atoms with Crippen molar-refractivity contribution < 1.29 is 0 Å². The summed E-state index contributed by atoms with van der Waals surface area (Å²) in [5.41, 5.74) is 6.81. The number of halogens is 3. The summed E-state index contributed by atoms with van der Waals surface area (Å²) in [5, 5.41) is 25.1. The van der Waals surface area contributed by atoms with Crippen molar-refractivity contribution in [3.05, 3.63) is 181 Å². The molecule has 9 rings (SSSR count). The molecule has 0 atom stereocenters. The molecule has 0 amide bonds. The first kappa shape index (κ1) is 58.3. The first-order valence-corrected chi connectivity index (χ1v) is 25.8. The summed E-state index contributed by atoms with van der Waals surface area (Å²) >= 11 is 17.3. The zero-order valence-corrected chi connectivity index (χ0v) is 47.1. The van der Waals surface area contributed by atoms with E-state index in [1.165, 1.54) is 24.5 Å². The summed E-state index contributed by atoms with van der Waals surface area (Å²) in [6.45, 7) is 23.6. The summed E-state index contributed by atoms with van der Waals surface area (Å²) in [5.74, 6) is 3.08. The van der Waals surface area contributed by atoms with E-state index < -0.39 is 0 Å². The first-order valence-electron chi connectivity index (χ1n) is 24.5. The van der Waals surface area contributed by atoms with Gasteiger partial charge in [-0.3, -0.25) is 0 Å². The van der Waals surface area contributed by atoms with E-state index in [4.69, 9.17) is 40.1 Å². The van der Waals surface area contributed by atoms with Crippen LogP contribution in [0, 0.1) is 27.6 Å². The van der Waals surface area contributed by atoms with E-state index in [2.05, 4.69) is 162 Å². The fraction of sp³-hybridized carbons (Fsp3) is 0.327. The molecule has 0 aliphatic rings. The number of aromatic nitrogens is 15. The number of rotatable bonds is 14. The molecule has 22 heteroatoms. The number of alkyl halides is 1. The van der Waals surface area contributed by atoms with Gasteiger partial charge in [-0.25, -0.2) is 58.9 Å². The van der Waals surface area contributed by atoms with E-state index in [0.717, 1.165) is 71.8 Å². The Morgan fingerprint density at radius 1 is 0.506 bits per heavy atom. The van der Waals surface area contributed by atoms with Crippen LogP contribution in [0.5, 0.6) is 0 Å². The molecule has 0 spiro atoms. The van der Waals surface area contributed by atoms with Crippen LogP contribution in [0.15, 0.2) is 148 Å². The van der Waals surface area contributed by atoms with Crippen LogP contribution < -0.4 is 15.1 Å². The van der Waals surface area contributed by atoms with Crippen molar-refractivity contribution in [3.8, 4) is 23.1 Å². The third kappa shape index (κ3) is 20.3. The maximum absolute atomic E-state index is 9.08. The number of nitrogens with one attached hydrogen (secondary N) is 1. The van der Waals surface area contributed by atoms with Gasteiger partial charge >= 0.3 is 0 Å². The van der Waals surface area contributed by atoms with Gasteiger partial charge in [-0.2, -0.15) is 20.6 Å². The number of nitriles is 1. The molecule has 0 saturated heterocycles. The minimum atomic E-state index is 0.0818. The zero-order valence-electron chi connectivity index (χ0n) is 44.8. The van der Waals surface area contributed by atoms with Crippen LogP contribution in [-0.4, -0.2) is 93.8 Å². The third-order valence-corrected chi connectivity index (χ3v) is 11.2. The SMILES string of the molecule is CC(C)(C)CN(Cc1ccc(-n2cncn2)cc1)c1ccnc(C#N)n1.CC(C)(C)CN(Cc1ccc(-n2cncn2)cc1)c1ccnc(Cl)n1.CC(C)(C)CNc1ccnc(Cl)n1.ClCc1ccc(-n2cncn2)cc1. The van der Waals surface area contributed by atoms with Crippen LogP contribution in [0.3, 0.4) is 0 Å². The number of hydrogen-bond acceptors (Lipinski definition) is 16. The van der Waals surface area contributed by atoms with Gasteiger partial charge in [0.15, 0.2) is 0 Å². The summed E-state index contributed by atoms with van der Waals surface area (Å²) in [6, 6.07) is 31.8. The molecule has 6 heterocycles. The molecular weight excluding hydrogens is 1030 g/mol. The van der Waals surface area contributed by atoms with Gasteiger partial charge in [-0.05, 0) is 111 Å². The first-order chi connectivity index (χ1) is 36.7. The molecule has 0 radical (unpaired) electrons. The zero-order chi connectivity index (χ0) is 55.4. The van der Waals surface area contributed by atoms with E-state index in [1.807, 2.05) is 66.7 Å². The molecule has 9 aromatic rings. The van der Waals surface area contributed by atoms with Crippen LogP contribution in [0.1, 0.15) is 84.8 Å². The van der Waals surface area contributed by atoms with Gasteiger partial charge in [0, 0.05) is 57.2 Å². The van der Waals surface area contributed by atoms with Crippen molar-refractivity contribution in [1.29, 1.82) is 5.26 Å². The van der Waals surface area contributed by atoms with E-state index in [0.29, 0.717) is 12.4 Å². The summed E-state index contributed by atoms with van der Waals surface area (Å²) in [4.78, 5) is 40.7. The predicted octanol–water partition coefficient (Wildman–Crippen LogP) is 11.3. The van der Waals surface area contributed by atoms with E-state index in [1.54, 1.807) is 57.7 Å². The number of benzene rings is 3. The maximum Gasteiger partial charge on any atom is 0.234 e. The van der Waals surface area contributed by atoms with Crippen LogP contribution >= 0.6 is 34.8 Å². The Morgan fingerprint density at radius 3 is 1.27 bits per heavy atom. The quantitative estimate of drug-likeness (QED) is 0.0792. The van der Waals surface area contributed by atoms with Crippen molar-refractivity contribution in [2.75, 3.05) is 34.8 Å². The van der Waals surface area contributed by atoms with Crippen molar-refractivity contribution in [3.63, 3.8) is 0 Å². The molecular formula is C55H64Cl3N19. The third-order valence-electron chi connectivity index (χ3n) is 10.5. The highest BCUT2D eigenvalue weighted by Crippen LogP contribution is 2.25. The second-order valence-corrected chi connectivity index (χ2v) is 22.1. The van der Waals surface area contributed by atoms with Gasteiger partial charge in [-0.1, -0.05) is 98.7 Å². The second-order valence-electron chi connectivity index (χ2n) is 21.1. The van der Waals surface area contributed by atoms with Crippen molar-refractivity contribution in [1.82, 2.24) is 74.2 Å². The minimum absolute atomic E-state index is 0.0818. The molecule has 0 unspecified atom stereocenters. The monoisotopic (exact) mass is 1100 g/mol. The molecule has 0 bridgehead atoms. The molecule has 0 aliphatic carbocycles. The standard InChI is InChI=1S/C19H21N7.C18H21ClN6.C9H8ClN3.C9H14ClN3/c1-19(2,3)12-25(18-8-9-22-17(10-20)24-18)11-15-4-6-16(7-5-15)26-14-21-13-23-26;1-18(2,3)11-24(16-8-9-21-17(19)23-16)10-14-4-6-15(7-5-14)25-13-20-12-22-25;10-5-8-1-3-9(4-2-8)13-7-11-6-12-13;1-9(2,3)6-12-7-4-5-11-8(10)13-7/h4-9,13-14H,11-12H2,1-3H3;4-9,12-13H,10-11H2,1-3H3;1-4,6-7H,5H2;4-5H,6H2,1-3H3,(H,11,12,13). The fourth-order valence-corrected chi connectivity index (χ4v) is 7.63. The van der Waals surface area contributed by atoms with Gasteiger partial charge in [0.05, 0.1) is 17.1 Å². The smallest absolute Gasteiger partial charge is 0.234 e. The molecule has 3 aromatic carbocycles. The Labute approximate surface area is 465 Å². The molecule has 19 nitrogen and oxygen atoms in total. The largest absolute Gasteiger partial charge is 0.369 e. The van der Waals surface area contributed by atoms with Crippen LogP contribution in [0.25, 0.3) is 17.1 Å². The lowest BCUT2D eigenvalue weighted by Gasteiger charge is -2.31. The van der Waals surface area contributed by atoms with Gasteiger partial charge < -0.3 is 15.1 Å². The molecule has 0 fully saturated rings. The van der Waals surface area contributed by atoms with E-state index in [9.17, 15) is 0 Å². The summed E-state index contributed by atoms with van der Waals surface area (Å²) < 4.78 is 5.17. The van der Waals surface area contributed by atoms with Crippen LogP contribution in [0.2, 0.25) is 10.6 Å². The fourth-order valence-electron chi connectivity index (χ4n) is 7.16. The number of hydrogen-bond donors (Lipinski definition) is 1. The molecule has 0 saturated carbocycles.